The number of hydrogen-bond donors (Lipinski definition) is 0. The Balaban J connectivity index is 4.53. The number of carbonyl (C=O) groups is 3. The van der Waals surface area contributed by atoms with Crippen LogP contribution in [-0.2, 0) is 28.6 Å². The van der Waals surface area contributed by atoms with Crippen molar-refractivity contribution in [1.82, 2.24) is 0 Å². The Morgan fingerprint density at radius 3 is 1.28 bits per heavy atom. The maximum Gasteiger partial charge on any atom is 0.306 e. The molecule has 0 fully saturated rings. The maximum atomic E-state index is 12.8. The largest absolute Gasteiger partial charge is 0.462 e. The Morgan fingerprint density at radius 2 is 0.738 bits per heavy atom. The number of rotatable bonds is 42. The van der Waals surface area contributed by atoms with E-state index in [4.69, 9.17) is 14.2 Å². The average molecular weight is 845 g/mol. The minimum atomic E-state index is -0.818. The molecule has 6 nitrogen and oxygen atoms in total. The van der Waals surface area contributed by atoms with Crippen molar-refractivity contribution >= 4 is 17.9 Å². The molecule has 1 unspecified atom stereocenters. The highest BCUT2D eigenvalue weighted by Crippen LogP contribution is 2.12. The molecule has 61 heavy (non-hydrogen) atoms. The van der Waals surface area contributed by atoms with Crippen LogP contribution >= 0.6 is 0 Å². The van der Waals surface area contributed by atoms with Crippen LogP contribution in [0.2, 0.25) is 0 Å². The molecule has 0 saturated carbocycles. The van der Waals surface area contributed by atoms with Gasteiger partial charge in [-0.1, -0.05) is 194 Å². The summed E-state index contributed by atoms with van der Waals surface area (Å²) in [7, 11) is 0. The number of allylic oxidation sites excluding steroid dienone is 18. The van der Waals surface area contributed by atoms with Crippen LogP contribution in [0.25, 0.3) is 0 Å². The molecule has 0 aromatic carbocycles. The molecule has 0 aliphatic rings. The van der Waals surface area contributed by atoms with Crippen LogP contribution in [0.4, 0.5) is 0 Å². The van der Waals surface area contributed by atoms with E-state index in [0.29, 0.717) is 19.3 Å². The van der Waals surface area contributed by atoms with Gasteiger partial charge in [0.25, 0.3) is 0 Å². The Morgan fingerprint density at radius 1 is 0.361 bits per heavy atom. The van der Waals surface area contributed by atoms with Crippen molar-refractivity contribution in [2.24, 2.45) is 0 Å². The first-order valence-corrected chi connectivity index (χ1v) is 24.4. The molecule has 0 rings (SSSR count). The summed E-state index contributed by atoms with van der Waals surface area (Å²) in [5.41, 5.74) is 0. The lowest BCUT2D eigenvalue weighted by Gasteiger charge is -2.18. The third-order valence-corrected chi connectivity index (χ3v) is 9.82. The fraction of sp³-hybridized carbons (Fsp3) is 0.618. The summed E-state index contributed by atoms with van der Waals surface area (Å²) >= 11 is 0. The Labute approximate surface area is 374 Å². The van der Waals surface area contributed by atoms with Crippen molar-refractivity contribution in [2.45, 2.75) is 207 Å². The van der Waals surface area contributed by atoms with E-state index in [1.54, 1.807) is 0 Å². The molecule has 0 aromatic rings. The predicted molar refractivity (Wildman–Crippen MR) is 260 cm³/mol. The first-order valence-electron chi connectivity index (χ1n) is 24.4. The lowest BCUT2D eigenvalue weighted by molar-refractivity contribution is -0.167. The summed E-state index contributed by atoms with van der Waals surface area (Å²) in [4.78, 5) is 37.8. The van der Waals surface area contributed by atoms with E-state index >= 15 is 0 Å². The molecule has 0 aromatic heterocycles. The van der Waals surface area contributed by atoms with Gasteiger partial charge in [-0.2, -0.15) is 0 Å². The minimum absolute atomic E-state index is 0.117. The van der Waals surface area contributed by atoms with Gasteiger partial charge in [0.2, 0.25) is 0 Å². The van der Waals surface area contributed by atoms with E-state index in [9.17, 15) is 14.4 Å². The third kappa shape index (κ3) is 47.0. The van der Waals surface area contributed by atoms with Crippen molar-refractivity contribution in [2.75, 3.05) is 13.2 Å². The van der Waals surface area contributed by atoms with Crippen molar-refractivity contribution in [3.8, 4) is 0 Å². The van der Waals surface area contributed by atoms with Gasteiger partial charge >= 0.3 is 17.9 Å². The summed E-state index contributed by atoms with van der Waals surface area (Å²) in [6.45, 7) is 6.32. The Bertz CT molecular complexity index is 1290. The van der Waals surface area contributed by atoms with Crippen LogP contribution in [0.3, 0.4) is 0 Å². The number of unbranched alkanes of at least 4 members (excludes halogenated alkanes) is 16. The fourth-order valence-corrected chi connectivity index (χ4v) is 6.12. The first kappa shape index (κ1) is 57.1. The van der Waals surface area contributed by atoms with E-state index in [2.05, 4.69) is 130 Å². The summed E-state index contributed by atoms with van der Waals surface area (Å²) in [5.74, 6) is -1.02. The Kier molecular flexibility index (Phi) is 45.6. The lowest BCUT2D eigenvalue weighted by Crippen LogP contribution is -2.30. The van der Waals surface area contributed by atoms with Crippen LogP contribution in [-0.4, -0.2) is 37.2 Å². The molecule has 0 saturated heterocycles. The SMILES string of the molecule is CC\C=C/C=C\C=C/CCCCCCCCCC(=O)OC(COC(=O)CCC/C=C\C/C=C\C/C=C\C/C=C\CCCCC)COC(=O)CCCCC/C=C\C=C/CCCC. The second-order valence-corrected chi connectivity index (χ2v) is 15.7. The number of ether oxygens (including phenoxy) is 3. The summed E-state index contributed by atoms with van der Waals surface area (Å²) < 4.78 is 16.7. The quantitative estimate of drug-likeness (QED) is 0.0200. The monoisotopic (exact) mass is 845 g/mol. The molecular weight excluding hydrogens is 757 g/mol. The van der Waals surface area contributed by atoms with Gasteiger partial charge in [0.1, 0.15) is 13.2 Å². The van der Waals surface area contributed by atoms with E-state index in [1.807, 2.05) is 0 Å². The highest BCUT2D eigenvalue weighted by molar-refractivity contribution is 5.71. The topological polar surface area (TPSA) is 78.9 Å². The zero-order valence-corrected chi connectivity index (χ0v) is 39.1. The molecule has 0 radical (unpaired) electrons. The number of carbonyl (C=O) groups excluding carboxylic acids is 3. The van der Waals surface area contributed by atoms with Gasteiger partial charge in [0.05, 0.1) is 0 Å². The van der Waals surface area contributed by atoms with Gasteiger partial charge in [-0.05, 0) is 96.3 Å². The molecular formula is C55H88O6. The van der Waals surface area contributed by atoms with Gasteiger partial charge in [-0.25, -0.2) is 0 Å². The summed E-state index contributed by atoms with van der Waals surface area (Å²) in [6, 6.07) is 0. The van der Waals surface area contributed by atoms with Crippen molar-refractivity contribution in [3.05, 3.63) is 109 Å². The van der Waals surface area contributed by atoms with Crippen LogP contribution in [0.5, 0.6) is 0 Å². The highest BCUT2D eigenvalue weighted by atomic mass is 16.6. The maximum absolute atomic E-state index is 12.8. The summed E-state index contributed by atoms with van der Waals surface area (Å²) in [6.07, 6.45) is 65.0. The zero-order chi connectivity index (χ0) is 44.4. The normalized spacial score (nSPS) is 13.0. The van der Waals surface area contributed by atoms with E-state index in [-0.39, 0.29) is 37.5 Å². The molecule has 1 atom stereocenters. The molecule has 344 valence electrons. The van der Waals surface area contributed by atoms with Gasteiger partial charge in [-0.3, -0.25) is 14.4 Å². The molecule has 0 heterocycles. The van der Waals surface area contributed by atoms with Crippen molar-refractivity contribution < 1.29 is 28.6 Å². The fourth-order valence-electron chi connectivity index (χ4n) is 6.12. The number of hydrogen-bond acceptors (Lipinski definition) is 6. The van der Waals surface area contributed by atoms with Gasteiger partial charge in [0.15, 0.2) is 6.10 Å². The van der Waals surface area contributed by atoms with Gasteiger partial charge in [-0.15, -0.1) is 0 Å². The van der Waals surface area contributed by atoms with Crippen molar-refractivity contribution in [1.29, 1.82) is 0 Å². The summed E-state index contributed by atoms with van der Waals surface area (Å²) in [5, 5.41) is 0. The smallest absolute Gasteiger partial charge is 0.306 e. The van der Waals surface area contributed by atoms with Crippen LogP contribution < -0.4 is 0 Å². The minimum Gasteiger partial charge on any atom is -0.462 e. The van der Waals surface area contributed by atoms with Crippen LogP contribution in [0.1, 0.15) is 201 Å². The zero-order valence-electron chi connectivity index (χ0n) is 39.1. The lowest BCUT2D eigenvalue weighted by atomic mass is 10.1. The standard InChI is InChI=1S/C55H88O6/c1-4-7-10-13-16-19-22-24-26-27-29-30-33-36-39-42-45-48-54(57)60-51-52(50-59-53(56)47-44-41-38-35-32-21-18-15-12-9-6-3)61-55(58)49-46-43-40-37-34-31-28-25-23-20-17-14-11-8-5-2/h8,11,14-21,23-24,26,29-30,32,36,39,52H,4-7,9-10,12-13,22,25,27-28,31,33-35,37-38,40-51H2,1-3H3/b11-8-,17-14-,18-15-,19-16-,23-20-,26-24-,30-29-,32-21-,39-36-. The van der Waals surface area contributed by atoms with E-state index in [1.165, 1.54) is 57.8 Å². The van der Waals surface area contributed by atoms with Crippen LogP contribution in [0.15, 0.2) is 109 Å². The molecule has 6 heteroatoms. The molecule has 0 aliphatic carbocycles. The van der Waals surface area contributed by atoms with E-state index < -0.39 is 6.10 Å². The average Bonchev–Trinajstić information content (AvgIpc) is 3.26. The van der Waals surface area contributed by atoms with Crippen LogP contribution in [0, 0.1) is 0 Å². The molecule has 0 aliphatic heterocycles. The first-order chi connectivity index (χ1) is 30.0. The Hall–Kier alpha value is -3.93. The van der Waals surface area contributed by atoms with Gasteiger partial charge < -0.3 is 14.2 Å². The second kappa shape index (κ2) is 48.7. The third-order valence-electron chi connectivity index (χ3n) is 9.82. The molecule has 0 spiro atoms. The molecule has 0 N–H and O–H groups in total. The predicted octanol–water partition coefficient (Wildman–Crippen LogP) is 16.0. The molecule has 0 bridgehead atoms. The van der Waals surface area contributed by atoms with Gasteiger partial charge in [0, 0.05) is 19.3 Å². The van der Waals surface area contributed by atoms with Crippen molar-refractivity contribution in [3.63, 3.8) is 0 Å². The molecule has 0 amide bonds. The number of esters is 3. The van der Waals surface area contributed by atoms with E-state index in [0.717, 1.165) is 96.3 Å². The highest BCUT2D eigenvalue weighted by Gasteiger charge is 2.19. The second-order valence-electron chi connectivity index (χ2n) is 15.7.